The molecule has 1 saturated carbocycles. The number of carboxylic acids is 1. The molecule has 0 radical (unpaired) electrons. The number of aromatic nitrogens is 2. The van der Waals surface area contributed by atoms with E-state index in [1.165, 1.54) is 17.3 Å². The average Bonchev–Trinajstić information content (AvgIpc) is 2.55. The minimum atomic E-state index is -1.17. The van der Waals surface area contributed by atoms with Crippen LogP contribution in [0.15, 0.2) is 6.20 Å². The molecule has 7 heteroatoms. The summed E-state index contributed by atoms with van der Waals surface area (Å²) in [7, 11) is 0. The Morgan fingerprint density at radius 2 is 2.18 bits per heavy atom. The molecule has 0 bridgehead atoms. The van der Waals surface area contributed by atoms with Crippen LogP contribution in [0.1, 0.15) is 40.1 Å². The molecule has 2 rings (SSSR count). The third kappa shape index (κ3) is 3.38. The van der Waals surface area contributed by atoms with Crippen molar-refractivity contribution in [3.05, 3.63) is 17.5 Å². The Morgan fingerprint density at radius 1 is 1.53 bits per heavy atom. The molecule has 1 heterocycles. The van der Waals surface area contributed by atoms with Gasteiger partial charge in [0.1, 0.15) is 5.56 Å². The summed E-state index contributed by atoms with van der Waals surface area (Å²) in [5, 5.41) is 12.8. The number of rotatable bonds is 4. The van der Waals surface area contributed by atoms with Gasteiger partial charge < -0.3 is 10.8 Å². The number of nitrogens with two attached hydrogens (primary N) is 1. The zero-order valence-corrected chi connectivity index (χ0v) is 8.72. The summed E-state index contributed by atoms with van der Waals surface area (Å²) in [6.45, 7) is 0.660. The van der Waals surface area contributed by atoms with E-state index in [9.17, 15) is 9.59 Å². The van der Waals surface area contributed by atoms with E-state index in [1.807, 2.05) is 0 Å². The molecule has 0 unspecified atom stereocenters. The molecule has 1 fully saturated rings. The van der Waals surface area contributed by atoms with Crippen molar-refractivity contribution in [2.45, 2.75) is 25.8 Å². The first-order valence-electron chi connectivity index (χ1n) is 5.18. The summed E-state index contributed by atoms with van der Waals surface area (Å²) >= 11 is 0. The van der Waals surface area contributed by atoms with Crippen molar-refractivity contribution in [1.29, 1.82) is 0 Å². The molecule has 88 valence electrons. The van der Waals surface area contributed by atoms with Crippen molar-refractivity contribution in [2.75, 3.05) is 0 Å². The number of amides is 1. The van der Waals surface area contributed by atoms with Crippen LogP contribution in [-0.2, 0) is 6.54 Å². The molecule has 0 saturated heterocycles. The van der Waals surface area contributed by atoms with Gasteiger partial charge in [0.25, 0.3) is 5.91 Å². The number of aromatic carboxylic acids is 1. The fraction of sp³-hybridized carbons (Fsp3) is 0.500. The van der Waals surface area contributed by atoms with Gasteiger partial charge in [-0.05, 0) is 18.8 Å². The van der Waals surface area contributed by atoms with E-state index in [0.717, 1.165) is 12.8 Å². The quantitative estimate of drug-likeness (QED) is 0.737. The predicted octanol–water partition coefficient (Wildman–Crippen LogP) is -0.168. The molecule has 0 aliphatic heterocycles. The van der Waals surface area contributed by atoms with Gasteiger partial charge in [-0.15, -0.1) is 0 Å². The summed E-state index contributed by atoms with van der Waals surface area (Å²) < 4.78 is 1.51. The number of carbonyl (C=O) groups excluding carboxylic acids is 1. The second kappa shape index (κ2) is 6.10. The zero-order valence-electron chi connectivity index (χ0n) is 8.72. The number of carbonyl (C=O) groups is 2. The van der Waals surface area contributed by atoms with Crippen molar-refractivity contribution in [3.63, 3.8) is 0 Å². The second-order valence-corrected chi connectivity index (χ2v) is 4.08. The van der Waals surface area contributed by atoms with Crippen LogP contribution in [-0.4, -0.2) is 78.1 Å². The first kappa shape index (κ1) is 14.8. The van der Waals surface area contributed by atoms with Crippen LogP contribution in [0.4, 0.5) is 0 Å². The maximum absolute atomic E-state index is 11.0. The van der Waals surface area contributed by atoms with Gasteiger partial charge in [0.05, 0.1) is 0 Å². The molecule has 6 nitrogen and oxygen atoms in total. The van der Waals surface area contributed by atoms with Gasteiger partial charge in [0.2, 0.25) is 0 Å². The Labute approximate surface area is 141 Å². The molecule has 1 aromatic rings. The summed E-state index contributed by atoms with van der Waals surface area (Å²) in [6, 6.07) is 0. The third-order valence-electron chi connectivity index (χ3n) is 2.90. The molecule has 17 heavy (non-hydrogen) atoms. The minimum absolute atomic E-state index is 0. The molecule has 1 aromatic heterocycles. The Hall–Kier alpha value is -0.214. The molecule has 0 aromatic carbocycles. The Balaban J connectivity index is 0.00000144. The number of hydrogen-bond acceptors (Lipinski definition) is 3. The first-order valence-corrected chi connectivity index (χ1v) is 5.18. The summed E-state index contributed by atoms with van der Waals surface area (Å²) in [4.78, 5) is 21.8. The summed E-state index contributed by atoms with van der Waals surface area (Å²) in [6.07, 6.45) is 4.85. The van der Waals surface area contributed by atoms with Crippen LogP contribution in [0, 0.1) is 5.92 Å². The summed E-state index contributed by atoms with van der Waals surface area (Å²) in [5.41, 5.74) is 4.79. The van der Waals surface area contributed by atoms with E-state index < -0.39 is 11.9 Å². The van der Waals surface area contributed by atoms with E-state index >= 15 is 0 Å². The Morgan fingerprint density at radius 3 is 2.53 bits per heavy atom. The van der Waals surface area contributed by atoms with Gasteiger partial charge in [-0.3, -0.25) is 9.48 Å². The first-order chi connectivity index (χ1) is 7.58. The van der Waals surface area contributed by atoms with Crippen LogP contribution in [0.5, 0.6) is 0 Å². The van der Waals surface area contributed by atoms with Crippen LogP contribution in [0.2, 0.25) is 0 Å². The standard InChI is InChI=1S/C10H13N3O3.K.H/c11-9(14)8-7(10(15)16)5-13(12-8)4-6-2-1-3-6;;/h5-6H,1-4H2,(H2,11,14)(H,15,16);;. The molecule has 1 amide bonds. The van der Waals surface area contributed by atoms with Gasteiger partial charge in [-0.25, -0.2) is 4.79 Å². The third-order valence-corrected chi connectivity index (χ3v) is 2.90. The Kier molecular flexibility index (Phi) is 5.33. The SMILES string of the molecule is NC(=O)c1nn(CC2CCC2)cc1C(=O)O.[KH]. The second-order valence-electron chi connectivity index (χ2n) is 4.08. The van der Waals surface area contributed by atoms with Gasteiger partial charge in [0, 0.05) is 12.7 Å². The molecular weight excluding hydrogens is 249 g/mol. The number of nitrogens with zero attached hydrogens (tertiary/aromatic N) is 2. The number of carboxylic acid groups (broad SMARTS) is 1. The van der Waals surface area contributed by atoms with E-state index in [0.29, 0.717) is 12.5 Å². The number of hydrogen-bond donors (Lipinski definition) is 2. The average molecular weight is 263 g/mol. The van der Waals surface area contributed by atoms with Crippen molar-refractivity contribution in [3.8, 4) is 0 Å². The van der Waals surface area contributed by atoms with Gasteiger partial charge >= 0.3 is 57.4 Å². The van der Waals surface area contributed by atoms with Crippen LogP contribution in [0.3, 0.4) is 0 Å². The number of primary amides is 1. The molecule has 1 aliphatic rings. The zero-order chi connectivity index (χ0) is 11.7. The Bertz CT molecular complexity index is 409. The molecule has 0 spiro atoms. The van der Waals surface area contributed by atoms with E-state index in [4.69, 9.17) is 10.8 Å². The van der Waals surface area contributed by atoms with Crippen molar-refractivity contribution < 1.29 is 14.7 Å². The predicted molar refractivity (Wildman–Crippen MR) is 62.2 cm³/mol. The van der Waals surface area contributed by atoms with Gasteiger partial charge in [0.15, 0.2) is 5.69 Å². The molecular formula is C10H14KN3O3. The molecule has 1 aliphatic carbocycles. The summed E-state index contributed by atoms with van der Waals surface area (Å²) in [5.74, 6) is -1.43. The van der Waals surface area contributed by atoms with Crippen molar-refractivity contribution in [2.24, 2.45) is 11.7 Å². The van der Waals surface area contributed by atoms with Crippen LogP contribution in [0.25, 0.3) is 0 Å². The monoisotopic (exact) mass is 263 g/mol. The normalized spacial score (nSPS) is 14.8. The topological polar surface area (TPSA) is 98.2 Å². The van der Waals surface area contributed by atoms with Crippen LogP contribution < -0.4 is 5.73 Å². The van der Waals surface area contributed by atoms with Crippen molar-refractivity contribution >= 4 is 63.3 Å². The van der Waals surface area contributed by atoms with Gasteiger partial charge in [-0.2, -0.15) is 5.10 Å². The fourth-order valence-corrected chi connectivity index (χ4v) is 1.79. The van der Waals surface area contributed by atoms with E-state index in [2.05, 4.69) is 5.10 Å². The van der Waals surface area contributed by atoms with Crippen molar-refractivity contribution in [1.82, 2.24) is 9.78 Å². The van der Waals surface area contributed by atoms with Crippen LogP contribution >= 0.6 is 0 Å². The van der Waals surface area contributed by atoms with Gasteiger partial charge in [-0.1, -0.05) is 6.42 Å². The molecule has 3 N–H and O–H groups in total. The van der Waals surface area contributed by atoms with E-state index in [-0.39, 0.29) is 62.6 Å². The maximum atomic E-state index is 11.0. The fourth-order valence-electron chi connectivity index (χ4n) is 1.79. The van der Waals surface area contributed by atoms with E-state index in [1.54, 1.807) is 0 Å². The molecule has 0 atom stereocenters.